The van der Waals surface area contributed by atoms with Crippen LogP contribution in [0.2, 0.25) is 0 Å². The third kappa shape index (κ3) is 2.12. The maximum atomic E-state index is 8.84. The lowest BCUT2D eigenvalue weighted by atomic mass is 10.1. The zero-order valence-corrected chi connectivity index (χ0v) is 10.1. The van der Waals surface area contributed by atoms with Gasteiger partial charge in [-0.25, -0.2) is 4.98 Å². The lowest BCUT2D eigenvalue weighted by molar-refractivity contribution is 0.834. The minimum atomic E-state index is 0.448. The standard InChI is InChI=1S/C13H12N2S/c1-9(2)12-8-16-13(15-12)11-5-3-4-10(6-11)7-14/h3-6,8-9H,1-2H3. The number of hydrogen-bond donors (Lipinski definition) is 0. The van der Waals surface area contributed by atoms with Gasteiger partial charge in [0.15, 0.2) is 0 Å². The van der Waals surface area contributed by atoms with Gasteiger partial charge in [-0.2, -0.15) is 5.26 Å². The van der Waals surface area contributed by atoms with E-state index in [2.05, 4.69) is 30.3 Å². The molecule has 0 N–H and O–H groups in total. The highest BCUT2D eigenvalue weighted by molar-refractivity contribution is 7.13. The summed E-state index contributed by atoms with van der Waals surface area (Å²) in [6, 6.07) is 9.71. The van der Waals surface area contributed by atoms with E-state index < -0.39 is 0 Å². The van der Waals surface area contributed by atoms with Crippen molar-refractivity contribution in [2.45, 2.75) is 19.8 Å². The molecule has 0 aliphatic rings. The predicted octanol–water partition coefficient (Wildman–Crippen LogP) is 3.81. The quantitative estimate of drug-likeness (QED) is 0.783. The van der Waals surface area contributed by atoms with E-state index in [0.29, 0.717) is 11.5 Å². The summed E-state index contributed by atoms with van der Waals surface area (Å²) in [5, 5.41) is 11.9. The molecule has 2 nitrogen and oxygen atoms in total. The van der Waals surface area contributed by atoms with Crippen molar-refractivity contribution in [2.24, 2.45) is 0 Å². The second-order valence-electron chi connectivity index (χ2n) is 3.92. The SMILES string of the molecule is CC(C)c1csc(-c2cccc(C#N)c2)n1. The largest absolute Gasteiger partial charge is 0.241 e. The summed E-state index contributed by atoms with van der Waals surface area (Å²) in [7, 11) is 0. The Morgan fingerprint density at radius 2 is 2.19 bits per heavy atom. The van der Waals surface area contributed by atoms with E-state index in [1.54, 1.807) is 17.4 Å². The number of nitrogens with zero attached hydrogens (tertiary/aromatic N) is 2. The van der Waals surface area contributed by atoms with Gasteiger partial charge in [-0.1, -0.05) is 26.0 Å². The fourth-order valence-electron chi connectivity index (χ4n) is 1.41. The van der Waals surface area contributed by atoms with Gasteiger partial charge < -0.3 is 0 Å². The Balaban J connectivity index is 2.39. The van der Waals surface area contributed by atoms with Gasteiger partial charge in [0.1, 0.15) is 5.01 Å². The second-order valence-corrected chi connectivity index (χ2v) is 4.78. The first-order valence-electron chi connectivity index (χ1n) is 5.16. The van der Waals surface area contributed by atoms with Crippen LogP contribution in [0.3, 0.4) is 0 Å². The van der Waals surface area contributed by atoms with Crippen LogP contribution in [-0.4, -0.2) is 4.98 Å². The number of hydrogen-bond acceptors (Lipinski definition) is 3. The number of rotatable bonds is 2. The zero-order valence-electron chi connectivity index (χ0n) is 9.27. The van der Waals surface area contributed by atoms with Gasteiger partial charge in [-0.15, -0.1) is 11.3 Å². The number of nitriles is 1. The molecule has 0 spiro atoms. The van der Waals surface area contributed by atoms with Crippen LogP contribution in [0.4, 0.5) is 0 Å². The lowest BCUT2D eigenvalue weighted by Crippen LogP contribution is -1.86. The summed E-state index contributed by atoms with van der Waals surface area (Å²) in [4.78, 5) is 4.56. The Morgan fingerprint density at radius 3 is 2.81 bits per heavy atom. The van der Waals surface area contributed by atoms with E-state index in [1.165, 1.54) is 0 Å². The Labute approximate surface area is 99.2 Å². The molecule has 0 fully saturated rings. The first kappa shape index (κ1) is 10.8. The van der Waals surface area contributed by atoms with Gasteiger partial charge in [-0.05, 0) is 18.1 Å². The van der Waals surface area contributed by atoms with E-state index in [1.807, 2.05) is 18.2 Å². The van der Waals surface area contributed by atoms with Gasteiger partial charge in [0.25, 0.3) is 0 Å². The monoisotopic (exact) mass is 228 g/mol. The summed E-state index contributed by atoms with van der Waals surface area (Å²) in [6.45, 7) is 4.26. The molecular weight excluding hydrogens is 216 g/mol. The van der Waals surface area contributed by atoms with Crippen LogP contribution in [0, 0.1) is 11.3 Å². The maximum Gasteiger partial charge on any atom is 0.123 e. The molecule has 0 bridgehead atoms. The molecule has 0 saturated carbocycles. The van der Waals surface area contributed by atoms with E-state index >= 15 is 0 Å². The number of benzene rings is 1. The summed E-state index contributed by atoms with van der Waals surface area (Å²) in [5.41, 5.74) is 2.82. The molecule has 0 aliphatic carbocycles. The topological polar surface area (TPSA) is 36.7 Å². The third-order valence-corrected chi connectivity index (χ3v) is 3.26. The fraction of sp³-hybridized carbons (Fsp3) is 0.231. The average Bonchev–Trinajstić information content (AvgIpc) is 2.78. The summed E-state index contributed by atoms with van der Waals surface area (Å²) < 4.78 is 0. The minimum absolute atomic E-state index is 0.448. The van der Waals surface area contributed by atoms with E-state index in [9.17, 15) is 0 Å². The molecule has 1 heterocycles. The first-order valence-corrected chi connectivity index (χ1v) is 6.04. The van der Waals surface area contributed by atoms with Crippen molar-refractivity contribution in [1.82, 2.24) is 4.98 Å². The highest BCUT2D eigenvalue weighted by Gasteiger charge is 2.07. The molecule has 0 aliphatic heterocycles. The molecule has 1 aromatic heterocycles. The van der Waals surface area contributed by atoms with Gasteiger partial charge in [-0.3, -0.25) is 0 Å². The van der Waals surface area contributed by atoms with Crippen LogP contribution in [0.25, 0.3) is 10.6 Å². The molecule has 2 aromatic rings. The van der Waals surface area contributed by atoms with Crippen molar-refractivity contribution in [3.63, 3.8) is 0 Å². The molecule has 0 saturated heterocycles. The molecule has 0 amide bonds. The Morgan fingerprint density at radius 1 is 1.38 bits per heavy atom. The molecule has 0 unspecified atom stereocenters. The van der Waals surface area contributed by atoms with Gasteiger partial charge in [0.05, 0.1) is 17.3 Å². The van der Waals surface area contributed by atoms with Crippen molar-refractivity contribution in [1.29, 1.82) is 5.26 Å². The van der Waals surface area contributed by atoms with Gasteiger partial charge >= 0.3 is 0 Å². The summed E-state index contributed by atoms with van der Waals surface area (Å²) >= 11 is 1.63. The van der Waals surface area contributed by atoms with Crippen molar-refractivity contribution >= 4 is 11.3 Å². The molecule has 16 heavy (non-hydrogen) atoms. The first-order chi connectivity index (χ1) is 7.70. The summed E-state index contributed by atoms with van der Waals surface area (Å²) in [6.07, 6.45) is 0. The van der Waals surface area contributed by atoms with E-state index in [0.717, 1.165) is 16.3 Å². The highest BCUT2D eigenvalue weighted by atomic mass is 32.1. The van der Waals surface area contributed by atoms with Crippen molar-refractivity contribution in [3.05, 3.63) is 40.9 Å². The van der Waals surface area contributed by atoms with Gasteiger partial charge in [0, 0.05) is 10.9 Å². The molecule has 1 aromatic carbocycles. The maximum absolute atomic E-state index is 8.84. The van der Waals surface area contributed by atoms with Gasteiger partial charge in [0.2, 0.25) is 0 Å². The Hall–Kier alpha value is -1.66. The van der Waals surface area contributed by atoms with Crippen molar-refractivity contribution < 1.29 is 0 Å². The molecule has 0 radical (unpaired) electrons. The Bertz CT molecular complexity index is 535. The zero-order chi connectivity index (χ0) is 11.5. The normalized spacial score (nSPS) is 10.4. The number of aromatic nitrogens is 1. The molecule has 3 heteroatoms. The van der Waals surface area contributed by atoms with Crippen LogP contribution in [0.5, 0.6) is 0 Å². The van der Waals surface area contributed by atoms with E-state index in [-0.39, 0.29) is 0 Å². The van der Waals surface area contributed by atoms with Crippen LogP contribution >= 0.6 is 11.3 Å². The highest BCUT2D eigenvalue weighted by Crippen LogP contribution is 2.27. The Kier molecular flexibility index (Phi) is 3.02. The lowest BCUT2D eigenvalue weighted by Gasteiger charge is -1.98. The van der Waals surface area contributed by atoms with Crippen molar-refractivity contribution in [2.75, 3.05) is 0 Å². The van der Waals surface area contributed by atoms with Crippen LogP contribution in [0.1, 0.15) is 31.0 Å². The molecular formula is C13H12N2S. The summed E-state index contributed by atoms with van der Waals surface area (Å²) in [5.74, 6) is 0.448. The fourth-order valence-corrected chi connectivity index (χ4v) is 2.38. The van der Waals surface area contributed by atoms with E-state index in [4.69, 9.17) is 5.26 Å². The average molecular weight is 228 g/mol. The third-order valence-electron chi connectivity index (χ3n) is 2.35. The number of thiazole rings is 1. The smallest absolute Gasteiger partial charge is 0.123 e. The van der Waals surface area contributed by atoms with Crippen LogP contribution in [0.15, 0.2) is 29.6 Å². The van der Waals surface area contributed by atoms with Crippen LogP contribution in [-0.2, 0) is 0 Å². The molecule has 2 rings (SSSR count). The minimum Gasteiger partial charge on any atom is -0.241 e. The second kappa shape index (κ2) is 4.46. The van der Waals surface area contributed by atoms with Crippen LogP contribution < -0.4 is 0 Å². The molecule has 0 atom stereocenters. The van der Waals surface area contributed by atoms with Crippen molar-refractivity contribution in [3.8, 4) is 16.6 Å². The molecule has 80 valence electrons. The predicted molar refractivity (Wildman–Crippen MR) is 66.4 cm³/mol.